The number of hydrogen-bond acceptors (Lipinski definition) is 7. The van der Waals surface area contributed by atoms with Crippen molar-refractivity contribution >= 4 is 16.6 Å². The molecule has 0 spiro atoms. The molecule has 2 N–H and O–H groups in total. The molecule has 1 fully saturated rings. The SMILES string of the molecule is CN1CCN(c2cccc(CCCc3c[nH]c4ccc(-n5cnnc5)cc34)c2-c2nnn[nH]2)CC1. The lowest BCUT2D eigenvalue weighted by molar-refractivity contribution is 0.313. The van der Waals surface area contributed by atoms with Crippen molar-refractivity contribution in [3.05, 3.63) is 66.4 Å². The molecule has 0 aliphatic carbocycles. The average molecular weight is 469 g/mol. The fourth-order valence-electron chi connectivity index (χ4n) is 4.98. The highest BCUT2D eigenvalue weighted by molar-refractivity contribution is 5.85. The van der Waals surface area contributed by atoms with Crippen LogP contribution in [0, 0.1) is 0 Å². The first-order valence-electron chi connectivity index (χ1n) is 12.0. The molecule has 10 heteroatoms. The number of aromatic nitrogens is 8. The summed E-state index contributed by atoms with van der Waals surface area (Å²) in [6.07, 6.45) is 8.50. The van der Waals surface area contributed by atoms with Crippen LogP contribution in [0.2, 0.25) is 0 Å². The smallest absolute Gasteiger partial charge is 0.181 e. The van der Waals surface area contributed by atoms with Gasteiger partial charge in [0, 0.05) is 60.2 Å². The van der Waals surface area contributed by atoms with Crippen LogP contribution in [0.4, 0.5) is 5.69 Å². The Morgan fingerprint density at radius 3 is 2.57 bits per heavy atom. The minimum absolute atomic E-state index is 0.736. The number of nitrogens with zero attached hydrogens (tertiary/aromatic N) is 8. The molecule has 5 aromatic rings. The Hall–Kier alpha value is -4.05. The van der Waals surface area contributed by atoms with Crippen LogP contribution >= 0.6 is 0 Å². The van der Waals surface area contributed by atoms with Gasteiger partial charge in [0.25, 0.3) is 0 Å². The van der Waals surface area contributed by atoms with Gasteiger partial charge in [-0.15, -0.1) is 15.3 Å². The lowest BCUT2D eigenvalue weighted by atomic mass is 9.97. The predicted molar refractivity (Wildman–Crippen MR) is 135 cm³/mol. The van der Waals surface area contributed by atoms with Crippen molar-refractivity contribution < 1.29 is 0 Å². The number of tetrazole rings is 1. The van der Waals surface area contributed by atoms with E-state index in [4.69, 9.17) is 0 Å². The Morgan fingerprint density at radius 1 is 0.943 bits per heavy atom. The van der Waals surface area contributed by atoms with E-state index >= 15 is 0 Å². The normalized spacial score (nSPS) is 14.7. The van der Waals surface area contributed by atoms with Crippen LogP contribution in [0.25, 0.3) is 28.0 Å². The topological polar surface area (TPSA) is 107 Å². The quantitative estimate of drug-likeness (QED) is 0.378. The first-order valence-corrected chi connectivity index (χ1v) is 12.0. The number of fused-ring (bicyclic) bond motifs is 1. The molecule has 4 heterocycles. The van der Waals surface area contributed by atoms with Crippen LogP contribution in [-0.2, 0) is 12.8 Å². The zero-order valence-electron chi connectivity index (χ0n) is 19.7. The number of aryl methyl sites for hydroxylation is 2. The minimum Gasteiger partial charge on any atom is -0.368 e. The average Bonchev–Trinajstić information content (AvgIpc) is 3.67. The summed E-state index contributed by atoms with van der Waals surface area (Å²) >= 11 is 0. The molecule has 1 saturated heterocycles. The van der Waals surface area contributed by atoms with E-state index < -0.39 is 0 Å². The molecule has 0 unspecified atom stereocenters. The van der Waals surface area contributed by atoms with E-state index in [-0.39, 0.29) is 0 Å². The first kappa shape index (κ1) is 21.5. The Labute approximate surface area is 203 Å². The van der Waals surface area contributed by atoms with Gasteiger partial charge in [-0.3, -0.25) is 4.57 Å². The molecule has 3 aromatic heterocycles. The third-order valence-electron chi connectivity index (χ3n) is 6.91. The molecule has 0 saturated carbocycles. The highest BCUT2D eigenvalue weighted by Gasteiger charge is 2.21. The molecule has 0 radical (unpaired) electrons. The van der Waals surface area contributed by atoms with Gasteiger partial charge in [-0.05, 0) is 72.1 Å². The molecular weight excluding hydrogens is 440 g/mol. The molecule has 0 bridgehead atoms. The molecule has 1 aliphatic heterocycles. The van der Waals surface area contributed by atoms with Gasteiger partial charge in [0.2, 0.25) is 0 Å². The van der Waals surface area contributed by atoms with Gasteiger partial charge in [0.1, 0.15) is 12.7 Å². The number of rotatable bonds is 7. The third kappa shape index (κ3) is 4.28. The number of aromatic amines is 2. The Morgan fingerprint density at radius 2 is 1.77 bits per heavy atom. The van der Waals surface area contributed by atoms with Crippen LogP contribution in [0.3, 0.4) is 0 Å². The molecule has 2 aromatic carbocycles. The zero-order valence-corrected chi connectivity index (χ0v) is 19.7. The Kier molecular flexibility index (Phi) is 5.71. The third-order valence-corrected chi connectivity index (χ3v) is 6.91. The number of anilines is 1. The number of nitrogens with one attached hydrogen (secondary N) is 2. The fourth-order valence-corrected chi connectivity index (χ4v) is 4.98. The van der Waals surface area contributed by atoms with Crippen molar-refractivity contribution in [3.63, 3.8) is 0 Å². The van der Waals surface area contributed by atoms with Gasteiger partial charge < -0.3 is 14.8 Å². The molecule has 178 valence electrons. The van der Waals surface area contributed by atoms with E-state index in [1.54, 1.807) is 12.7 Å². The van der Waals surface area contributed by atoms with Crippen LogP contribution in [-0.4, -0.2) is 78.5 Å². The van der Waals surface area contributed by atoms with Gasteiger partial charge in [0.15, 0.2) is 5.82 Å². The van der Waals surface area contributed by atoms with Crippen molar-refractivity contribution in [3.8, 4) is 17.1 Å². The maximum Gasteiger partial charge on any atom is 0.181 e. The van der Waals surface area contributed by atoms with Gasteiger partial charge >= 0.3 is 0 Å². The second kappa shape index (κ2) is 9.30. The minimum atomic E-state index is 0.736. The van der Waals surface area contributed by atoms with Crippen LogP contribution in [0.5, 0.6) is 0 Å². The lowest BCUT2D eigenvalue weighted by Crippen LogP contribution is -2.44. The molecule has 35 heavy (non-hydrogen) atoms. The van der Waals surface area contributed by atoms with Crippen molar-refractivity contribution in [2.24, 2.45) is 0 Å². The second-order valence-corrected chi connectivity index (χ2v) is 9.12. The maximum atomic E-state index is 4.28. The van der Waals surface area contributed by atoms with Gasteiger partial charge in [-0.1, -0.05) is 12.1 Å². The maximum absolute atomic E-state index is 4.28. The van der Waals surface area contributed by atoms with Crippen molar-refractivity contribution in [1.29, 1.82) is 0 Å². The van der Waals surface area contributed by atoms with Crippen LogP contribution < -0.4 is 4.90 Å². The molecule has 6 rings (SSSR count). The summed E-state index contributed by atoms with van der Waals surface area (Å²) in [6, 6.07) is 12.9. The summed E-state index contributed by atoms with van der Waals surface area (Å²) < 4.78 is 1.93. The largest absolute Gasteiger partial charge is 0.368 e. The van der Waals surface area contributed by atoms with E-state index in [0.717, 1.165) is 68.0 Å². The fraction of sp³-hybridized carbons (Fsp3) is 0.320. The predicted octanol–water partition coefficient (Wildman–Crippen LogP) is 2.86. The number of hydrogen-bond donors (Lipinski definition) is 2. The second-order valence-electron chi connectivity index (χ2n) is 9.12. The first-order chi connectivity index (χ1) is 17.3. The van der Waals surface area contributed by atoms with Crippen molar-refractivity contribution in [2.75, 3.05) is 38.1 Å². The van der Waals surface area contributed by atoms with Crippen LogP contribution in [0.1, 0.15) is 17.5 Å². The lowest BCUT2D eigenvalue weighted by Gasteiger charge is -2.35. The number of piperazine rings is 1. The standard InChI is InChI=1S/C25H28N10/c1-33-10-12-34(13-11-33)23-7-3-5-18(24(23)25-29-31-32-30-25)4-2-6-19-15-26-22-9-8-20(14-21(19)22)35-16-27-28-17-35/h3,5,7-9,14-17,26H,2,4,6,10-13H2,1H3,(H,29,30,31,32). The molecule has 0 atom stereocenters. The van der Waals surface area contributed by atoms with Gasteiger partial charge in [-0.2, -0.15) is 0 Å². The summed E-state index contributed by atoms with van der Waals surface area (Å²) in [6.45, 7) is 4.10. The van der Waals surface area contributed by atoms with Gasteiger partial charge in [0.05, 0.1) is 0 Å². The monoisotopic (exact) mass is 468 g/mol. The summed E-state index contributed by atoms with van der Waals surface area (Å²) in [5, 5.41) is 24.1. The van der Waals surface area contributed by atoms with Crippen LogP contribution in [0.15, 0.2) is 55.2 Å². The molecule has 10 nitrogen and oxygen atoms in total. The van der Waals surface area contributed by atoms with E-state index in [1.165, 1.54) is 22.2 Å². The van der Waals surface area contributed by atoms with E-state index in [2.05, 4.69) is 95.2 Å². The van der Waals surface area contributed by atoms with Gasteiger partial charge in [-0.25, -0.2) is 5.10 Å². The summed E-state index contributed by atoms with van der Waals surface area (Å²) in [5.74, 6) is 0.736. The van der Waals surface area contributed by atoms with E-state index in [0.29, 0.717) is 0 Å². The van der Waals surface area contributed by atoms with E-state index in [1.807, 2.05) is 4.57 Å². The van der Waals surface area contributed by atoms with Crippen molar-refractivity contribution in [1.82, 2.24) is 45.3 Å². The number of likely N-dealkylation sites (N-methyl/N-ethyl adjacent to an activating group) is 1. The highest BCUT2D eigenvalue weighted by atomic mass is 15.5. The zero-order chi connectivity index (χ0) is 23.6. The number of benzene rings is 2. The Balaban J connectivity index is 1.24. The molecule has 0 amide bonds. The van der Waals surface area contributed by atoms with E-state index in [9.17, 15) is 0 Å². The summed E-state index contributed by atoms with van der Waals surface area (Å²) in [4.78, 5) is 8.24. The highest BCUT2D eigenvalue weighted by Crippen LogP contribution is 2.33. The Bertz CT molecular complexity index is 1400. The molecular formula is C25H28N10. The number of H-pyrrole nitrogens is 2. The summed E-state index contributed by atoms with van der Waals surface area (Å²) in [5.41, 5.74) is 7.11. The molecule has 1 aliphatic rings. The summed E-state index contributed by atoms with van der Waals surface area (Å²) in [7, 11) is 2.18. The van der Waals surface area contributed by atoms with Crippen molar-refractivity contribution in [2.45, 2.75) is 19.3 Å².